The second-order valence-corrected chi connectivity index (χ2v) is 4.45. The van der Waals surface area contributed by atoms with Crippen LogP contribution < -0.4 is 0 Å². The molecule has 0 aliphatic rings. The average molecular weight is 219 g/mol. The van der Waals surface area contributed by atoms with Crippen molar-refractivity contribution in [3.63, 3.8) is 0 Å². The van der Waals surface area contributed by atoms with Gasteiger partial charge in [0, 0.05) is 9.92 Å². The maximum atomic E-state index is 13.6. The van der Waals surface area contributed by atoms with E-state index in [0.29, 0.717) is 15.5 Å². The normalized spacial score (nSPS) is 10.9. The van der Waals surface area contributed by atoms with Crippen LogP contribution in [0.1, 0.15) is 25.3 Å². The van der Waals surface area contributed by atoms with E-state index in [0.717, 1.165) is 0 Å². The van der Waals surface area contributed by atoms with Gasteiger partial charge in [0.15, 0.2) is 0 Å². The van der Waals surface area contributed by atoms with Gasteiger partial charge in [-0.3, -0.25) is 0 Å². The molecule has 0 atom stereocenters. The fourth-order valence-electron chi connectivity index (χ4n) is 1.15. The predicted molar refractivity (Wildman–Crippen MR) is 57.3 cm³/mol. The van der Waals surface area contributed by atoms with Gasteiger partial charge in [-0.15, -0.1) is 11.8 Å². The lowest BCUT2D eigenvalue weighted by Gasteiger charge is -2.10. The van der Waals surface area contributed by atoms with Crippen LogP contribution in [-0.2, 0) is 0 Å². The summed E-state index contributed by atoms with van der Waals surface area (Å²) in [5.74, 6) is 0.0384. The third kappa shape index (κ3) is 2.38. The molecule has 13 heavy (non-hydrogen) atoms. The van der Waals surface area contributed by atoms with Crippen molar-refractivity contribution in [3.8, 4) is 0 Å². The summed E-state index contributed by atoms with van der Waals surface area (Å²) in [6.45, 7) is 3.91. The molecule has 0 unspecified atom stereocenters. The van der Waals surface area contributed by atoms with Gasteiger partial charge in [-0.2, -0.15) is 0 Å². The molecule has 0 amide bonds. The number of thioether (sulfide) groups is 1. The molecule has 0 bridgehead atoms. The van der Waals surface area contributed by atoms with E-state index in [1.807, 2.05) is 20.1 Å². The first-order valence-electron chi connectivity index (χ1n) is 4.09. The predicted octanol–water partition coefficient (Wildman–Crippen LogP) is 4.32. The molecule has 0 N–H and O–H groups in total. The molecule has 0 heterocycles. The van der Waals surface area contributed by atoms with Gasteiger partial charge in [0.1, 0.15) is 5.82 Å². The smallest absolute Gasteiger partial charge is 0.140 e. The zero-order chi connectivity index (χ0) is 10.0. The minimum absolute atomic E-state index is 0.132. The Morgan fingerprint density at radius 2 is 2.00 bits per heavy atom. The van der Waals surface area contributed by atoms with E-state index in [4.69, 9.17) is 11.6 Å². The fraction of sp³-hybridized carbons (Fsp3) is 0.400. The Kier molecular flexibility index (Phi) is 3.63. The van der Waals surface area contributed by atoms with Crippen molar-refractivity contribution in [1.82, 2.24) is 0 Å². The van der Waals surface area contributed by atoms with Gasteiger partial charge in [-0.05, 0) is 29.9 Å². The number of hydrogen-bond acceptors (Lipinski definition) is 1. The van der Waals surface area contributed by atoms with Crippen molar-refractivity contribution in [2.45, 2.75) is 24.7 Å². The van der Waals surface area contributed by atoms with Crippen molar-refractivity contribution < 1.29 is 4.39 Å². The number of hydrogen-bond donors (Lipinski definition) is 0. The molecule has 0 aliphatic heterocycles. The molecule has 1 aromatic rings. The van der Waals surface area contributed by atoms with Crippen molar-refractivity contribution in [1.29, 1.82) is 0 Å². The van der Waals surface area contributed by atoms with Crippen LogP contribution in [0.5, 0.6) is 0 Å². The maximum absolute atomic E-state index is 13.6. The lowest BCUT2D eigenvalue weighted by molar-refractivity contribution is 0.574. The summed E-state index contributed by atoms with van der Waals surface area (Å²) in [6.07, 6.45) is 1.85. The molecule has 0 spiro atoms. The van der Waals surface area contributed by atoms with Crippen molar-refractivity contribution in [2.75, 3.05) is 6.26 Å². The van der Waals surface area contributed by atoms with Crippen LogP contribution in [0.15, 0.2) is 17.0 Å². The van der Waals surface area contributed by atoms with E-state index >= 15 is 0 Å². The molecular weight excluding hydrogens is 207 g/mol. The van der Waals surface area contributed by atoms with Gasteiger partial charge in [0.2, 0.25) is 0 Å². The monoisotopic (exact) mass is 218 g/mol. The zero-order valence-electron chi connectivity index (χ0n) is 7.90. The Bertz CT molecular complexity index is 310. The van der Waals surface area contributed by atoms with Gasteiger partial charge in [0.25, 0.3) is 0 Å². The summed E-state index contributed by atoms with van der Waals surface area (Å²) < 4.78 is 13.6. The van der Waals surface area contributed by atoms with E-state index in [9.17, 15) is 4.39 Å². The molecule has 0 nitrogen and oxygen atoms in total. The molecular formula is C10H12ClFS. The summed E-state index contributed by atoms with van der Waals surface area (Å²) in [5.41, 5.74) is 0.692. The van der Waals surface area contributed by atoms with E-state index in [2.05, 4.69) is 0 Å². The molecule has 72 valence electrons. The highest BCUT2D eigenvalue weighted by Crippen LogP contribution is 2.30. The summed E-state index contributed by atoms with van der Waals surface area (Å²) >= 11 is 7.25. The molecule has 1 aromatic carbocycles. The summed E-state index contributed by atoms with van der Waals surface area (Å²) in [5, 5.41) is 0.606. The van der Waals surface area contributed by atoms with Gasteiger partial charge in [-0.1, -0.05) is 25.4 Å². The van der Waals surface area contributed by atoms with E-state index < -0.39 is 0 Å². The Morgan fingerprint density at radius 3 is 2.46 bits per heavy atom. The van der Waals surface area contributed by atoms with Gasteiger partial charge in [-0.25, -0.2) is 4.39 Å². The molecule has 0 saturated heterocycles. The Hall–Kier alpha value is -0.210. The van der Waals surface area contributed by atoms with Crippen LogP contribution in [0, 0.1) is 5.82 Å². The molecule has 3 heteroatoms. The molecule has 1 rings (SSSR count). The van der Waals surface area contributed by atoms with Crippen molar-refractivity contribution in [2.24, 2.45) is 0 Å². The second-order valence-electron chi connectivity index (χ2n) is 3.17. The maximum Gasteiger partial charge on any atom is 0.140 e. The minimum Gasteiger partial charge on any atom is -0.205 e. The average Bonchev–Trinajstić information content (AvgIpc) is 2.08. The quantitative estimate of drug-likeness (QED) is 0.666. The van der Waals surface area contributed by atoms with Gasteiger partial charge in [0.05, 0.1) is 0 Å². The topological polar surface area (TPSA) is 0 Å². The Labute approximate surface area is 87.5 Å². The molecule has 0 aliphatic carbocycles. The van der Waals surface area contributed by atoms with Crippen LogP contribution in [0.25, 0.3) is 0 Å². The van der Waals surface area contributed by atoms with Gasteiger partial charge < -0.3 is 0 Å². The van der Waals surface area contributed by atoms with E-state index in [-0.39, 0.29) is 11.7 Å². The van der Waals surface area contributed by atoms with Crippen LogP contribution in [0.4, 0.5) is 4.39 Å². The lowest BCUT2D eigenvalue weighted by Crippen LogP contribution is -1.94. The second kappa shape index (κ2) is 4.34. The third-order valence-electron chi connectivity index (χ3n) is 1.87. The van der Waals surface area contributed by atoms with E-state index in [1.165, 1.54) is 11.8 Å². The third-order valence-corrected chi connectivity index (χ3v) is 2.83. The van der Waals surface area contributed by atoms with Crippen molar-refractivity contribution in [3.05, 3.63) is 28.5 Å². The lowest BCUT2D eigenvalue weighted by atomic mass is 10.0. The Morgan fingerprint density at radius 1 is 1.38 bits per heavy atom. The Balaban J connectivity index is 3.27. The molecule has 0 aromatic heterocycles. The van der Waals surface area contributed by atoms with Crippen LogP contribution in [0.2, 0.25) is 5.02 Å². The van der Waals surface area contributed by atoms with E-state index in [1.54, 1.807) is 12.1 Å². The van der Waals surface area contributed by atoms with Crippen LogP contribution in [-0.4, -0.2) is 6.26 Å². The number of rotatable bonds is 2. The van der Waals surface area contributed by atoms with Crippen LogP contribution >= 0.6 is 23.4 Å². The summed E-state index contributed by atoms with van der Waals surface area (Å²) in [4.78, 5) is 0.621. The summed E-state index contributed by atoms with van der Waals surface area (Å²) in [6, 6.07) is 3.36. The van der Waals surface area contributed by atoms with Crippen LogP contribution in [0.3, 0.4) is 0 Å². The standard InChI is InChI=1S/C10H12ClFS/c1-6(2)8-4-7(11)5-9(13-3)10(8)12/h4-6H,1-3H3. The first-order valence-corrected chi connectivity index (χ1v) is 5.69. The first-order chi connectivity index (χ1) is 6.06. The number of halogens is 2. The molecule has 0 radical (unpaired) electrons. The zero-order valence-corrected chi connectivity index (χ0v) is 9.47. The fourth-order valence-corrected chi connectivity index (χ4v) is 1.99. The highest BCUT2D eigenvalue weighted by molar-refractivity contribution is 7.98. The molecule has 0 fully saturated rings. The van der Waals surface area contributed by atoms with Crippen molar-refractivity contribution >= 4 is 23.4 Å². The first kappa shape index (κ1) is 10.9. The highest BCUT2D eigenvalue weighted by Gasteiger charge is 2.11. The number of benzene rings is 1. The largest absolute Gasteiger partial charge is 0.205 e. The highest BCUT2D eigenvalue weighted by atomic mass is 35.5. The minimum atomic E-state index is -0.132. The van der Waals surface area contributed by atoms with Gasteiger partial charge >= 0.3 is 0 Å². The SMILES string of the molecule is CSc1cc(Cl)cc(C(C)C)c1F. The molecule has 0 saturated carbocycles. The summed E-state index contributed by atoms with van der Waals surface area (Å²) in [7, 11) is 0.